The van der Waals surface area contributed by atoms with Crippen LogP contribution in [0.5, 0.6) is 0 Å². The van der Waals surface area contributed by atoms with Gasteiger partial charge in [0.05, 0.1) is 17.7 Å². The number of esters is 1. The van der Waals surface area contributed by atoms with Crippen LogP contribution in [-0.2, 0) is 10.9 Å². The lowest BCUT2D eigenvalue weighted by Crippen LogP contribution is -2.46. The number of carbonyl (C=O) groups is 1. The molecule has 1 aliphatic rings. The summed E-state index contributed by atoms with van der Waals surface area (Å²) >= 11 is 0. The molecule has 6 nitrogen and oxygen atoms in total. The van der Waals surface area contributed by atoms with E-state index >= 15 is 0 Å². The lowest BCUT2D eigenvalue weighted by atomic mass is 10.1. The van der Waals surface area contributed by atoms with E-state index in [1.165, 1.54) is 18.2 Å². The minimum absolute atomic E-state index is 0. The third kappa shape index (κ3) is 4.64. The fraction of sp³-hybridized carbons (Fsp3) is 0.500. The zero-order chi connectivity index (χ0) is 19.6. The van der Waals surface area contributed by atoms with Crippen molar-refractivity contribution in [2.45, 2.75) is 20.0 Å². The average Bonchev–Trinajstić information content (AvgIpc) is 2.66. The Morgan fingerprint density at radius 2 is 1.82 bits per heavy atom. The molecule has 2 aromatic rings. The summed E-state index contributed by atoms with van der Waals surface area (Å²) in [5.41, 5.74) is 0.416. The van der Waals surface area contributed by atoms with Crippen molar-refractivity contribution in [1.82, 2.24) is 14.9 Å². The number of ether oxygens (including phenoxy) is 1. The molecule has 10 heteroatoms. The third-order valence-corrected chi connectivity index (χ3v) is 4.56. The van der Waals surface area contributed by atoms with Gasteiger partial charge < -0.3 is 14.5 Å². The van der Waals surface area contributed by atoms with Gasteiger partial charge >= 0.3 is 12.1 Å². The predicted octanol–water partition coefficient (Wildman–Crippen LogP) is 3.39. The van der Waals surface area contributed by atoms with E-state index in [-0.39, 0.29) is 35.9 Å². The van der Waals surface area contributed by atoms with Crippen molar-refractivity contribution in [1.29, 1.82) is 0 Å². The Hall–Kier alpha value is -2.13. The van der Waals surface area contributed by atoms with Gasteiger partial charge in [0.2, 0.25) is 5.82 Å². The maximum absolute atomic E-state index is 13.3. The van der Waals surface area contributed by atoms with E-state index in [0.29, 0.717) is 18.5 Å². The number of aromatic nitrogens is 2. The number of anilines is 1. The van der Waals surface area contributed by atoms with Crippen molar-refractivity contribution in [3.8, 4) is 0 Å². The molecule has 1 aromatic carbocycles. The topological polar surface area (TPSA) is 58.6 Å². The van der Waals surface area contributed by atoms with Crippen LogP contribution in [0.1, 0.15) is 30.0 Å². The van der Waals surface area contributed by atoms with Gasteiger partial charge in [0.15, 0.2) is 0 Å². The highest BCUT2D eigenvalue weighted by Gasteiger charge is 2.36. The summed E-state index contributed by atoms with van der Waals surface area (Å²) in [6, 6.07) is 4.34. The number of rotatable bonds is 4. The normalized spacial score (nSPS) is 15.4. The SMILES string of the molecule is CCOC(=O)c1ccc2nc(C(F)(F)F)nc(N3CCN(CC)CC3)c2c1.Cl. The summed E-state index contributed by atoms with van der Waals surface area (Å²) in [4.78, 5) is 23.5. The van der Waals surface area contributed by atoms with Gasteiger partial charge in [-0.3, -0.25) is 0 Å². The van der Waals surface area contributed by atoms with Gasteiger partial charge in [0.25, 0.3) is 0 Å². The molecule has 0 saturated carbocycles. The molecule has 3 rings (SSSR count). The van der Waals surface area contributed by atoms with Crippen molar-refractivity contribution in [2.24, 2.45) is 0 Å². The van der Waals surface area contributed by atoms with Crippen molar-refractivity contribution in [2.75, 3.05) is 44.2 Å². The monoisotopic (exact) mass is 418 g/mol. The van der Waals surface area contributed by atoms with Gasteiger partial charge in [-0.05, 0) is 31.7 Å². The first-order chi connectivity index (χ1) is 12.8. The maximum atomic E-state index is 13.3. The standard InChI is InChI=1S/C18H21F3N4O2.ClH/c1-3-24-7-9-25(10-8-24)15-13-11-12(16(26)27-4-2)5-6-14(13)22-17(23-15)18(19,20)21;/h5-6,11H,3-4,7-10H2,1-2H3;1H. The minimum Gasteiger partial charge on any atom is -0.462 e. The average molecular weight is 419 g/mol. The number of nitrogens with zero attached hydrogens (tertiary/aromatic N) is 4. The molecular weight excluding hydrogens is 397 g/mol. The smallest absolute Gasteiger partial charge is 0.451 e. The van der Waals surface area contributed by atoms with Crippen LogP contribution in [0.4, 0.5) is 19.0 Å². The number of hydrogen-bond donors (Lipinski definition) is 0. The van der Waals surface area contributed by atoms with Gasteiger partial charge in [0, 0.05) is 31.6 Å². The number of carbonyl (C=O) groups excluding carboxylic acids is 1. The molecule has 0 aliphatic carbocycles. The Bertz CT molecular complexity index is 839. The van der Waals surface area contributed by atoms with Gasteiger partial charge in [-0.1, -0.05) is 6.92 Å². The molecule has 2 heterocycles. The van der Waals surface area contributed by atoms with Crippen LogP contribution in [0.15, 0.2) is 18.2 Å². The van der Waals surface area contributed by atoms with Gasteiger partial charge in [-0.2, -0.15) is 13.2 Å². The van der Waals surface area contributed by atoms with Crippen molar-refractivity contribution < 1.29 is 22.7 Å². The number of alkyl halides is 3. The number of halogens is 4. The number of fused-ring (bicyclic) bond motifs is 1. The van der Waals surface area contributed by atoms with Gasteiger partial charge in [-0.15, -0.1) is 12.4 Å². The first kappa shape index (κ1) is 22.2. The van der Waals surface area contributed by atoms with Crippen molar-refractivity contribution >= 4 is 35.1 Å². The van der Waals surface area contributed by atoms with Crippen molar-refractivity contribution in [3.63, 3.8) is 0 Å². The minimum atomic E-state index is -4.64. The molecule has 1 saturated heterocycles. The Labute approximate surface area is 167 Å². The van der Waals surface area contributed by atoms with Crippen LogP contribution in [0.25, 0.3) is 10.9 Å². The molecule has 0 radical (unpaired) electrons. The van der Waals surface area contributed by atoms with Gasteiger partial charge in [-0.25, -0.2) is 14.8 Å². The second-order valence-electron chi connectivity index (χ2n) is 6.24. The van der Waals surface area contributed by atoms with Gasteiger partial charge in [0.1, 0.15) is 5.82 Å². The van der Waals surface area contributed by atoms with Crippen LogP contribution >= 0.6 is 12.4 Å². The Balaban J connectivity index is 0.00000280. The molecule has 28 heavy (non-hydrogen) atoms. The number of piperazine rings is 1. The summed E-state index contributed by atoms with van der Waals surface area (Å²) in [5.74, 6) is -1.50. The first-order valence-electron chi connectivity index (χ1n) is 8.87. The molecule has 1 aromatic heterocycles. The Morgan fingerprint density at radius 1 is 1.14 bits per heavy atom. The lowest BCUT2D eigenvalue weighted by Gasteiger charge is -2.35. The maximum Gasteiger partial charge on any atom is 0.451 e. The van der Waals surface area contributed by atoms with E-state index in [2.05, 4.69) is 14.9 Å². The van der Waals surface area contributed by atoms with Crippen LogP contribution < -0.4 is 4.90 Å². The molecule has 0 bridgehead atoms. The highest BCUT2D eigenvalue weighted by atomic mass is 35.5. The van der Waals surface area contributed by atoms with E-state index in [9.17, 15) is 18.0 Å². The number of likely N-dealkylation sites (N-methyl/N-ethyl adjacent to an activating group) is 1. The van der Waals surface area contributed by atoms with E-state index in [1.54, 1.807) is 6.92 Å². The fourth-order valence-corrected chi connectivity index (χ4v) is 3.10. The molecule has 0 amide bonds. The highest BCUT2D eigenvalue weighted by molar-refractivity contribution is 5.98. The fourth-order valence-electron chi connectivity index (χ4n) is 3.10. The zero-order valence-corrected chi connectivity index (χ0v) is 16.4. The third-order valence-electron chi connectivity index (χ3n) is 4.56. The zero-order valence-electron chi connectivity index (χ0n) is 15.6. The number of benzene rings is 1. The van der Waals surface area contributed by atoms with E-state index in [0.717, 1.165) is 19.6 Å². The van der Waals surface area contributed by atoms with Crippen LogP contribution in [0.2, 0.25) is 0 Å². The molecule has 0 N–H and O–H groups in total. The molecule has 1 aliphatic heterocycles. The second-order valence-corrected chi connectivity index (χ2v) is 6.24. The number of hydrogen-bond acceptors (Lipinski definition) is 6. The molecule has 0 spiro atoms. The Kier molecular flexibility index (Phi) is 7.06. The van der Waals surface area contributed by atoms with Crippen LogP contribution in [0, 0.1) is 0 Å². The summed E-state index contributed by atoms with van der Waals surface area (Å²) in [6.07, 6.45) is -4.64. The van der Waals surface area contributed by atoms with Crippen molar-refractivity contribution in [3.05, 3.63) is 29.6 Å². The Morgan fingerprint density at radius 3 is 2.39 bits per heavy atom. The summed E-state index contributed by atoms with van der Waals surface area (Å²) in [6.45, 7) is 7.43. The summed E-state index contributed by atoms with van der Waals surface area (Å²) in [5, 5.41) is 0.415. The lowest BCUT2D eigenvalue weighted by molar-refractivity contribution is -0.144. The van der Waals surface area contributed by atoms with Crippen LogP contribution in [-0.4, -0.2) is 60.2 Å². The molecular formula is C18H22ClF3N4O2. The molecule has 0 atom stereocenters. The summed E-state index contributed by atoms with van der Waals surface area (Å²) < 4.78 is 44.8. The predicted molar refractivity (Wildman–Crippen MR) is 102 cm³/mol. The van der Waals surface area contributed by atoms with E-state index < -0.39 is 18.0 Å². The molecule has 154 valence electrons. The van der Waals surface area contributed by atoms with Crippen LogP contribution in [0.3, 0.4) is 0 Å². The van der Waals surface area contributed by atoms with E-state index in [4.69, 9.17) is 4.74 Å². The quantitative estimate of drug-likeness (QED) is 0.709. The molecule has 0 unspecified atom stereocenters. The first-order valence-corrected chi connectivity index (χ1v) is 8.87. The molecule has 1 fully saturated rings. The second kappa shape index (κ2) is 8.91. The summed E-state index contributed by atoms with van der Waals surface area (Å²) in [7, 11) is 0. The largest absolute Gasteiger partial charge is 0.462 e. The van der Waals surface area contributed by atoms with E-state index in [1.807, 2.05) is 11.8 Å². The highest BCUT2D eigenvalue weighted by Crippen LogP contribution is 2.32.